The van der Waals surface area contributed by atoms with Gasteiger partial charge in [-0.05, 0) is 94.5 Å². The minimum absolute atomic E-state index is 0.00206. The zero-order valence-corrected chi connectivity index (χ0v) is 34.3. The van der Waals surface area contributed by atoms with Crippen LogP contribution in [0, 0.1) is 27.9 Å². The smallest absolute Gasteiger partial charge is 0.410 e. The van der Waals surface area contributed by atoms with Crippen molar-refractivity contribution in [3.8, 4) is 17.2 Å². The highest BCUT2D eigenvalue weighted by molar-refractivity contribution is 6.18. The maximum atomic E-state index is 14.0. The van der Waals surface area contributed by atoms with Gasteiger partial charge in [-0.25, -0.2) is 4.79 Å². The van der Waals surface area contributed by atoms with E-state index in [1.807, 2.05) is 39.8 Å². The number of benzene rings is 2. The van der Waals surface area contributed by atoms with Crippen LogP contribution in [-0.4, -0.2) is 88.1 Å². The number of nitro groups is 1. The van der Waals surface area contributed by atoms with Crippen LogP contribution >= 0.6 is 11.6 Å². The fraction of sp³-hybridized carbons (Fsp3) is 0.581. The fourth-order valence-corrected chi connectivity index (χ4v) is 8.60. The number of nitro benzene ring substituents is 1. The second-order valence-electron chi connectivity index (χ2n) is 15.8. The number of aliphatic hydroxyl groups is 2. The number of fused-ring (bicyclic) bond motifs is 2. The predicted octanol–water partition coefficient (Wildman–Crippen LogP) is 8.91. The van der Waals surface area contributed by atoms with Gasteiger partial charge in [0.1, 0.15) is 35.5 Å². The predicted molar refractivity (Wildman–Crippen MR) is 218 cm³/mol. The Labute approximate surface area is 340 Å². The van der Waals surface area contributed by atoms with Crippen molar-refractivity contribution in [3.63, 3.8) is 0 Å². The molecule has 1 aliphatic heterocycles. The highest BCUT2D eigenvalue weighted by Gasteiger charge is 2.65. The number of allylic oxidation sites excluding steroid dienone is 1. The van der Waals surface area contributed by atoms with Gasteiger partial charge in [0.15, 0.2) is 0 Å². The number of aliphatic hydroxyl groups excluding tert-OH is 2. The van der Waals surface area contributed by atoms with Crippen molar-refractivity contribution in [1.29, 1.82) is 0 Å². The third kappa shape index (κ3) is 10.3. The summed E-state index contributed by atoms with van der Waals surface area (Å²) in [6.07, 6.45) is 8.64. The number of oxime groups is 1. The second kappa shape index (κ2) is 20.0. The lowest BCUT2D eigenvalue weighted by Gasteiger charge is -2.60. The number of rotatable bonds is 20. The van der Waals surface area contributed by atoms with E-state index in [4.69, 9.17) is 40.5 Å². The maximum absolute atomic E-state index is 14.0. The van der Waals surface area contributed by atoms with Crippen LogP contribution < -0.4 is 9.47 Å². The van der Waals surface area contributed by atoms with Gasteiger partial charge in [0.25, 0.3) is 5.69 Å². The molecule has 1 fully saturated rings. The monoisotopic (exact) mass is 811 g/mol. The lowest BCUT2D eigenvalue weighted by atomic mass is 9.55. The number of carbonyl (C=O) groups is 1. The van der Waals surface area contributed by atoms with Crippen LogP contribution in [-0.2, 0) is 14.3 Å². The molecular formula is C43H58ClN3O10. The molecule has 5 rings (SSSR count). The first-order chi connectivity index (χ1) is 27.4. The van der Waals surface area contributed by atoms with Gasteiger partial charge < -0.3 is 34.0 Å². The first-order valence-corrected chi connectivity index (χ1v) is 20.6. The summed E-state index contributed by atoms with van der Waals surface area (Å²) in [6.45, 7) is 12.4. The van der Waals surface area contributed by atoms with E-state index in [0.717, 1.165) is 36.8 Å². The molecule has 2 aromatic carbocycles. The molecule has 57 heavy (non-hydrogen) atoms. The molecule has 2 aliphatic carbocycles. The van der Waals surface area contributed by atoms with Crippen molar-refractivity contribution < 1.29 is 43.7 Å². The van der Waals surface area contributed by atoms with Gasteiger partial charge in [-0.15, -0.1) is 18.2 Å². The van der Waals surface area contributed by atoms with Gasteiger partial charge in [0.05, 0.1) is 35.1 Å². The van der Waals surface area contributed by atoms with Crippen LogP contribution in [0.5, 0.6) is 17.2 Å². The van der Waals surface area contributed by atoms with Crippen molar-refractivity contribution in [3.05, 3.63) is 82.4 Å². The molecule has 2 aromatic rings. The SMILES string of the molecule is C=CCOC12Oc3ccc(Oc4cccc([N+](=O)[O-])c4)cc3C3C(CCCCO)C(CCCCO)C=C(C(=NOC(C)(C)C)CC1N(CCC)C(=O)OCCCl)C32. The summed E-state index contributed by atoms with van der Waals surface area (Å²) in [5, 5.41) is 36.1. The maximum Gasteiger partial charge on any atom is 0.410 e. The molecule has 0 radical (unpaired) electrons. The Hall–Kier alpha value is -4.17. The average molecular weight is 812 g/mol. The Kier molecular flexibility index (Phi) is 15.4. The number of ether oxygens (including phenoxy) is 4. The number of amides is 1. The Bertz CT molecular complexity index is 1760. The minimum Gasteiger partial charge on any atom is -0.459 e. The number of hydrogen-bond donors (Lipinski definition) is 2. The summed E-state index contributed by atoms with van der Waals surface area (Å²) in [6, 6.07) is 10.8. The quantitative estimate of drug-likeness (QED) is 0.0434. The summed E-state index contributed by atoms with van der Waals surface area (Å²) < 4.78 is 26.2. The molecule has 2 N–H and O–H groups in total. The molecule has 13 nitrogen and oxygen atoms in total. The Morgan fingerprint density at radius 1 is 1.12 bits per heavy atom. The van der Waals surface area contributed by atoms with Crippen LogP contribution in [0.2, 0.25) is 0 Å². The molecule has 0 saturated heterocycles. The fourth-order valence-electron chi connectivity index (χ4n) is 8.52. The van der Waals surface area contributed by atoms with E-state index >= 15 is 0 Å². The number of unbranched alkanes of at least 4 members (excludes halogenated alkanes) is 2. The van der Waals surface area contributed by atoms with Gasteiger partial charge in [-0.2, -0.15) is 0 Å². The van der Waals surface area contributed by atoms with E-state index < -0.39 is 34.4 Å². The standard InChI is InChI=1S/C43H58ClN3O10/c1-6-20-46(41(50)53-24-19-44)38-28-36(45-57-42(3,4)5)34-25-29(13-8-10-21-48)33(16-9-11-22-49)39-35-27-32(55-31-15-12-14-30(26-31)47(51)52)17-18-37(35)56-43(38,40(34)39)54-23-7-2/h7,12,14-15,17-18,25-27,29,33,38-40,48-49H,2,6,8-11,13,16,19-24,28H2,1,3-5H3. The first kappa shape index (κ1) is 43.9. The highest BCUT2D eigenvalue weighted by atomic mass is 35.5. The minimum atomic E-state index is -1.44. The van der Waals surface area contributed by atoms with E-state index in [1.54, 1.807) is 29.2 Å². The van der Waals surface area contributed by atoms with Crippen LogP contribution in [0.4, 0.5) is 10.5 Å². The zero-order chi connectivity index (χ0) is 41.2. The molecule has 14 heteroatoms. The van der Waals surface area contributed by atoms with Crippen molar-refractivity contribution in [1.82, 2.24) is 4.90 Å². The molecule has 1 amide bonds. The summed E-state index contributed by atoms with van der Waals surface area (Å²) in [4.78, 5) is 33.0. The number of nitrogens with zero attached hydrogens (tertiary/aromatic N) is 3. The molecular weight excluding hydrogens is 754 g/mol. The summed E-state index contributed by atoms with van der Waals surface area (Å²) >= 11 is 5.99. The largest absolute Gasteiger partial charge is 0.459 e. The van der Waals surface area contributed by atoms with Crippen LogP contribution in [0.1, 0.15) is 90.5 Å². The summed E-state index contributed by atoms with van der Waals surface area (Å²) in [5.41, 5.74) is 1.73. The number of halogens is 1. The molecule has 0 spiro atoms. The normalized spacial score (nSPS) is 24.4. The highest BCUT2D eigenvalue weighted by Crippen LogP contribution is 2.62. The number of alkyl halides is 1. The van der Waals surface area contributed by atoms with Crippen molar-refractivity contribution in [2.75, 3.05) is 38.9 Å². The average Bonchev–Trinajstić information content (AvgIpc) is 3.18. The van der Waals surface area contributed by atoms with Crippen LogP contribution in [0.15, 0.2) is 71.9 Å². The summed E-state index contributed by atoms with van der Waals surface area (Å²) in [7, 11) is 0. The third-order valence-electron chi connectivity index (χ3n) is 10.7. The molecule has 1 heterocycles. The van der Waals surface area contributed by atoms with Crippen molar-refractivity contribution in [2.24, 2.45) is 22.9 Å². The molecule has 312 valence electrons. The van der Waals surface area contributed by atoms with Gasteiger partial charge >= 0.3 is 6.09 Å². The van der Waals surface area contributed by atoms with E-state index in [9.17, 15) is 25.1 Å². The van der Waals surface area contributed by atoms with E-state index in [2.05, 4.69) is 12.7 Å². The molecule has 3 aliphatic rings. The molecule has 0 bridgehead atoms. The Morgan fingerprint density at radius 3 is 2.53 bits per heavy atom. The molecule has 6 unspecified atom stereocenters. The summed E-state index contributed by atoms with van der Waals surface area (Å²) in [5.74, 6) is -0.748. The molecule has 0 aromatic heterocycles. The lowest BCUT2D eigenvalue weighted by Crippen LogP contribution is -2.70. The number of hydrogen-bond acceptors (Lipinski definition) is 11. The zero-order valence-electron chi connectivity index (χ0n) is 33.6. The second-order valence-corrected chi connectivity index (χ2v) is 16.2. The Morgan fingerprint density at radius 2 is 1.86 bits per heavy atom. The Balaban J connectivity index is 1.79. The third-order valence-corrected chi connectivity index (χ3v) is 10.9. The number of non-ortho nitro benzene ring substituents is 1. The topological polar surface area (TPSA) is 162 Å². The van der Waals surface area contributed by atoms with Crippen molar-refractivity contribution >= 4 is 29.1 Å². The molecule has 1 saturated carbocycles. The molecule has 6 atom stereocenters. The van der Waals surface area contributed by atoms with E-state index in [1.165, 1.54) is 12.1 Å². The van der Waals surface area contributed by atoms with Gasteiger partial charge in [0.2, 0.25) is 5.79 Å². The van der Waals surface area contributed by atoms with Crippen LogP contribution in [0.25, 0.3) is 0 Å². The van der Waals surface area contributed by atoms with E-state index in [0.29, 0.717) is 48.8 Å². The van der Waals surface area contributed by atoms with Gasteiger partial charge in [-0.1, -0.05) is 43.1 Å². The van der Waals surface area contributed by atoms with Gasteiger partial charge in [0, 0.05) is 43.7 Å². The van der Waals surface area contributed by atoms with Crippen LogP contribution in [0.3, 0.4) is 0 Å². The number of carbonyl (C=O) groups excluding carboxylic acids is 1. The van der Waals surface area contributed by atoms with E-state index in [-0.39, 0.29) is 62.2 Å². The lowest BCUT2D eigenvalue weighted by molar-refractivity contribution is -0.384. The first-order valence-electron chi connectivity index (χ1n) is 20.1. The van der Waals surface area contributed by atoms with Gasteiger partial charge in [-0.3, -0.25) is 15.0 Å². The van der Waals surface area contributed by atoms with Crippen molar-refractivity contribution in [2.45, 2.75) is 102 Å².